The van der Waals surface area contributed by atoms with Gasteiger partial charge in [0, 0.05) is 25.5 Å². The van der Waals surface area contributed by atoms with Crippen molar-refractivity contribution in [3.05, 3.63) is 38.9 Å². The maximum absolute atomic E-state index is 10.1. The molecular weight excluding hydrogens is 284 g/mol. The Labute approximate surface area is 132 Å². The molecule has 1 aromatic carbocycles. The molecule has 0 heterocycles. The molecule has 0 aromatic heterocycles. The van der Waals surface area contributed by atoms with Crippen molar-refractivity contribution < 1.29 is 10.2 Å². The lowest BCUT2D eigenvalue weighted by Crippen LogP contribution is -1.86. The zero-order valence-electron chi connectivity index (χ0n) is 13.2. The van der Waals surface area contributed by atoms with Gasteiger partial charge in [-0.25, -0.2) is 0 Å². The van der Waals surface area contributed by atoms with Crippen LogP contribution in [0.25, 0.3) is 0 Å². The molecule has 0 fully saturated rings. The number of aromatic hydroxyl groups is 1. The summed E-state index contributed by atoms with van der Waals surface area (Å²) in [6.45, 7) is 6.15. The van der Waals surface area contributed by atoms with E-state index < -0.39 is 0 Å². The van der Waals surface area contributed by atoms with E-state index in [9.17, 15) is 5.11 Å². The van der Waals surface area contributed by atoms with Crippen LogP contribution < -0.4 is 0 Å². The van der Waals surface area contributed by atoms with Crippen LogP contribution in [0.1, 0.15) is 48.9 Å². The summed E-state index contributed by atoms with van der Waals surface area (Å²) in [5, 5.41) is 17.6. The lowest BCUT2D eigenvalue weighted by molar-refractivity contribution is 0.399. The van der Waals surface area contributed by atoms with E-state index in [0.717, 1.165) is 37.5 Å². The first-order valence-corrected chi connectivity index (χ1v) is 7.45. The molecular formula is C18H23ClO2. The van der Waals surface area contributed by atoms with Crippen LogP contribution in [0.15, 0.2) is 11.6 Å². The van der Waals surface area contributed by atoms with Gasteiger partial charge in [-0.2, -0.15) is 0 Å². The summed E-state index contributed by atoms with van der Waals surface area (Å²) < 4.78 is 0. The third-order valence-electron chi connectivity index (χ3n) is 3.44. The number of hydrogen-bond acceptors (Lipinski definition) is 2. The second kappa shape index (κ2) is 8.12. The van der Waals surface area contributed by atoms with Gasteiger partial charge >= 0.3 is 0 Å². The quantitative estimate of drug-likeness (QED) is 0.508. The Hall–Kier alpha value is -1.43. The summed E-state index contributed by atoms with van der Waals surface area (Å²) in [6.07, 6.45) is 5.61. The number of aliphatic hydroxyl groups excluding tert-OH is 1. The molecule has 0 atom stereocenters. The fraction of sp³-hybridized carbons (Fsp3) is 0.444. The highest BCUT2D eigenvalue weighted by Crippen LogP contribution is 2.45. The zero-order valence-corrected chi connectivity index (χ0v) is 13.9. The Morgan fingerprint density at radius 3 is 2.52 bits per heavy atom. The van der Waals surface area contributed by atoms with Crippen molar-refractivity contribution in [3.8, 4) is 17.6 Å². The van der Waals surface area contributed by atoms with E-state index in [2.05, 4.69) is 31.8 Å². The number of hydrogen-bond donors (Lipinski definition) is 2. The van der Waals surface area contributed by atoms with Crippen LogP contribution in [-0.4, -0.2) is 17.3 Å². The van der Waals surface area contributed by atoms with Crippen LogP contribution in [0.5, 0.6) is 5.75 Å². The Morgan fingerprint density at radius 1 is 1.24 bits per heavy atom. The standard InChI is InChI=1S/C17H19ClO.CH4O/c1-11(2)8-6-4-5-7-9-13-15-10-14(15)12(3)16(18)17(13)19;1-2/h8,19H,4,6,9-10H2,1-3H3;2H,1H3. The first-order valence-electron chi connectivity index (χ1n) is 7.07. The SMILES string of the molecule is CC(C)=CCCC#CCc1c(O)c(Cl)c(C)c2c1C2.CO. The van der Waals surface area contributed by atoms with Gasteiger partial charge in [0.05, 0.1) is 5.02 Å². The van der Waals surface area contributed by atoms with E-state index >= 15 is 0 Å². The lowest BCUT2D eigenvalue weighted by atomic mass is 10.1. The summed E-state index contributed by atoms with van der Waals surface area (Å²) in [4.78, 5) is 0. The normalized spacial score (nSPS) is 10.6. The second-order valence-electron chi connectivity index (χ2n) is 5.25. The number of phenols is 1. The molecule has 114 valence electrons. The van der Waals surface area contributed by atoms with Gasteiger partial charge in [0.25, 0.3) is 0 Å². The third-order valence-corrected chi connectivity index (χ3v) is 3.91. The molecule has 3 heteroatoms. The predicted molar refractivity (Wildman–Crippen MR) is 88.9 cm³/mol. The number of phenolic OH excluding ortho intramolecular Hbond substituents is 1. The topological polar surface area (TPSA) is 40.5 Å². The van der Waals surface area contributed by atoms with Gasteiger partial charge in [0.1, 0.15) is 5.75 Å². The fourth-order valence-corrected chi connectivity index (χ4v) is 2.46. The van der Waals surface area contributed by atoms with Crippen molar-refractivity contribution in [1.29, 1.82) is 0 Å². The number of allylic oxidation sites excluding steroid dienone is 2. The molecule has 1 aliphatic carbocycles. The van der Waals surface area contributed by atoms with Crippen molar-refractivity contribution in [2.45, 2.75) is 46.5 Å². The van der Waals surface area contributed by atoms with Gasteiger partial charge in [-0.1, -0.05) is 29.2 Å². The first-order chi connectivity index (χ1) is 10.0. The summed E-state index contributed by atoms with van der Waals surface area (Å²) >= 11 is 6.11. The minimum absolute atomic E-state index is 0.231. The first kappa shape index (κ1) is 17.6. The number of unbranched alkanes of at least 4 members (excludes halogenated alkanes) is 1. The van der Waals surface area contributed by atoms with Gasteiger partial charge in [-0.05, 0) is 50.3 Å². The van der Waals surface area contributed by atoms with Gasteiger partial charge in [-0.3, -0.25) is 0 Å². The minimum atomic E-state index is 0.231. The van der Waals surface area contributed by atoms with Crippen LogP contribution in [0.2, 0.25) is 5.02 Å². The minimum Gasteiger partial charge on any atom is -0.506 e. The third kappa shape index (κ3) is 4.52. The molecule has 0 radical (unpaired) electrons. The molecule has 2 nitrogen and oxygen atoms in total. The summed E-state index contributed by atoms with van der Waals surface area (Å²) in [5.41, 5.74) is 5.83. The van der Waals surface area contributed by atoms with Crippen molar-refractivity contribution in [1.82, 2.24) is 0 Å². The molecule has 2 rings (SSSR count). The monoisotopic (exact) mass is 306 g/mol. The molecule has 2 N–H and O–H groups in total. The molecule has 0 unspecified atom stereocenters. The highest BCUT2D eigenvalue weighted by atomic mass is 35.5. The highest BCUT2D eigenvalue weighted by Gasteiger charge is 2.28. The predicted octanol–water partition coefficient (Wildman–Crippen LogP) is 4.16. The Bertz CT molecular complexity index is 600. The average Bonchev–Trinajstić information content (AvgIpc) is 3.25. The second-order valence-corrected chi connectivity index (χ2v) is 5.63. The molecule has 0 aliphatic heterocycles. The zero-order chi connectivity index (χ0) is 16.0. The Morgan fingerprint density at radius 2 is 1.90 bits per heavy atom. The molecule has 1 aliphatic rings. The van der Waals surface area contributed by atoms with Crippen LogP contribution >= 0.6 is 11.6 Å². The number of halogens is 1. The van der Waals surface area contributed by atoms with E-state index in [-0.39, 0.29) is 5.75 Å². The molecule has 0 saturated carbocycles. The summed E-state index contributed by atoms with van der Waals surface area (Å²) in [5.74, 6) is 6.52. The fourth-order valence-electron chi connectivity index (χ4n) is 2.23. The van der Waals surface area contributed by atoms with E-state index in [1.54, 1.807) is 0 Å². The highest BCUT2D eigenvalue weighted by molar-refractivity contribution is 6.33. The van der Waals surface area contributed by atoms with Gasteiger partial charge in [0.15, 0.2) is 0 Å². The van der Waals surface area contributed by atoms with Gasteiger partial charge in [0.2, 0.25) is 0 Å². The van der Waals surface area contributed by atoms with E-state index in [4.69, 9.17) is 16.7 Å². The number of rotatable bonds is 3. The van der Waals surface area contributed by atoms with Crippen molar-refractivity contribution in [2.24, 2.45) is 0 Å². The molecule has 0 amide bonds. The van der Waals surface area contributed by atoms with Crippen LogP contribution in [-0.2, 0) is 12.8 Å². The Kier molecular flexibility index (Phi) is 6.81. The molecule has 0 bridgehead atoms. The van der Waals surface area contributed by atoms with Crippen LogP contribution in [0.3, 0.4) is 0 Å². The lowest BCUT2D eigenvalue weighted by Gasteiger charge is -2.04. The average molecular weight is 307 g/mol. The largest absolute Gasteiger partial charge is 0.506 e. The van der Waals surface area contributed by atoms with Crippen molar-refractivity contribution in [2.75, 3.05) is 7.11 Å². The molecule has 21 heavy (non-hydrogen) atoms. The number of benzene rings is 1. The van der Waals surface area contributed by atoms with Gasteiger partial charge < -0.3 is 10.2 Å². The molecule has 0 spiro atoms. The summed E-state index contributed by atoms with van der Waals surface area (Å²) in [6, 6.07) is 0. The molecule has 1 aromatic rings. The smallest absolute Gasteiger partial charge is 0.138 e. The Balaban J connectivity index is 0.00000106. The van der Waals surface area contributed by atoms with Gasteiger partial charge in [-0.15, -0.1) is 5.92 Å². The van der Waals surface area contributed by atoms with E-state index in [0.29, 0.717) is 11.4 Å². The van der Waals surface area contributed by atoms with E-state index in [1.165, 1.54) is 16.7 Å². The van der Waals surface area contributed by atoms with Crippen LogP contribution in [0.4, 0.5) is 0 Å². The maximum atomic E-state index is 10.1. The number of aliphatic hydroxyl groups is 1. The maximum Gasteiger partial charge on any atom is 0.138 e. The van der Waals surface area contributed by atoms with E-state index in [1.807, 2.05) is 6.92 Å². The number of fused-ring (bicyclic) bond motifs is 1. The van der Waals surface area contributed by atoms with Crippen molar-refractivity contribution >= 4 is 11.6 Å². The summed E-state index contributed by atoms with van der Waals surface area (Å²) in [7, 11) is 1.00. The van der Waals surface area contributed by atoms with Crippen molar-refractivity contribution in [3.63, 3.8) is 0 Å². The van der Waals surface area contributed by atoms with Crippen LogP contribution in [0, 0.1) is 18.8 Å². The molecule has 0 saturated heterocycles.